The molecule has 21 heavy (non-hydrogen) atoms. The van der Waals surface area contributed by atoms with E-state index in [4.69, 9.17) is 0 Å². The summed E-state index contributed by atoms with van der Waals surface area (Å²) in [7, 11) is 0. The van der Waals surface area contributed by atoms with E-state index in [-0.39, 0.29) is 17.0 Å². The molecule has 2 aromatic rings. The summed E-state index contributed by atoms with van der Waals surface area (Å²) in [6.07, 6.45) is 2.19. The predicted octanol–water partition coefficient (Wildman–Crippen LogP) is 2.68. The van der Waals surface area contributed by atoms with E-state index in [0.717, 1.165) is 5.56 Å². The van der Waals surface area contributed by atoms with Crippen molar-refractivity contribution in [1.82, 2.24) is 10.3 Å². The number of rotatable bonds is 3. The van der Waals surface area contributed by atoms with Crippen LogP contribution in [0.4, 0.5) is 10.2 Å². The van der Waals surface area contributed by atoms with E-state index in [1.807, 2.05) is 6.07 Å². The number of nitrogens with zero attached hydrogens (tertiary/aromatic N) is 2. The second-order valence-corrected chi connectivity index (χ2v) is 5.72. The summed E-state index contributed by atoms with van der Waals surface area (Å²) in [5.74, 6) is 0.196. The third kappa shape index (κ3) is 3.46. The van der Waals surface area contributed by atoms with Gasteiger partial charge in [-0.1, -0.05) is 30.0 Å². The van der Waals surface area contributed by atoms with Gasteiger partial charge in [0.25, 0.3) is 0 Å². The molecule has 1 saturated heterocycles. The summed E-state index contributed by atoms with van der Waals surface area (Å²) in [6, 6.07) is 11.6. The number of amides is 1. The van der Waals surface area contributed by atoms with Crippen molar-refractivity contribution in [2.75, 3.05) is 0 Å². The zero-order valence-corrected chi connectivity index (χ0v) is 11.8. The molecule has 0 aliphatic carbocycles. The van der Waals surface area contributed by atoms with Gasteiger partial charge in [-0.05, 0) is 36.2 Å². The molecule has 6 heteroatoms. The van der Waals surface area contributed by atoms with E-state index in [0.29, 0.717) is 17.4 Å². The number of pyridine rings is 1. The van der Waals surface area contributed by atoms with Gasteiger partial charge in [0.2, 0.25) is 5.91 Å². The van der Waals surface area contributed by atoms with Gasteiger partial charge >= 0.3 is 0 Å². The monoisotopic (exact) mass is 301 g/mol. The van der Waals surface area contributed by atoms with Crippen LogP contribution in [0.3, 0.4) is 0 Å². The fourth-order valence-electron chi connectivity index (χ4n) is 1.95. The van der Waals surface area contributed by atoms with Crippen LogP contribution in [0.1, 0.15) is 5.56 Å². The van der Waals surface area contributed by atoms with Crippen LogP contribution >= 0.6 is 11.8 Å². The molecular formula is C15H12FN3OS. The van der Waals surface area contributed by atoms with Gasteiger partial charge in [-0.25, -0.2) is 14.4 Å². The van der Waals surface area contributed by atoms with Gasteiger partial charge in [0.1, 0.15) is 5.82 Å². The number of thioether (sulfide) groups is 1. The Labute approximate surface area is 125 Å². The Bertz CT molecular complexity index is 673. The summed E-state index contributed by atoms with van der Waals surface area (Å²) >= 11 is 1.37. The lowest BCUT2D eigenvalue weighted by molar-refractivity contribution is -0.118. The maximum absolute atomic E-state index is 12.9. The lowest BCUT2D eigenvalue weighted by atomic mass is 10.1. The molecule has 106 valence electrons. The molecule has 2 heterocycles. The number of benzene rings is 1. The van der Waals surface area contributed by atoms with E-state index in [2.05, 4.69) is 15.3 Å². The highest BCUT2D eigenvalue weighted by Crippen LogP contribution is 2.25. The summed E-state index contributed by atoms with van der Waals surface area (Å²) in [5.41, 5.74) is 0.920. The first-order valence-electron chi connectivity index (χ1n) is 6.42. The fourth-order valence-corrected chi connectivity index (χ4v) is 2.97. The maximum Gasteiger partial charge on any atom is 0.239 e. The Morgan fingerprint density at radius 3 is 2.76 bits per heavy atom. The van der Waals surface area contributed by atoms with Gasteiger partial charge in [-0.2, -0.15) is 0 Å². The molecule has 1 atom stereocenters. The molecule has 3 rings (SSSR count). The van der Waals surface area contributed by atoms with Gasteiger partial charge in [0.15, 0.2) is 11.0 Å². The van der Waals surface area contributed by atoms with Crippen LogP contribution in [-0.2, 0) is 11.2 Å². The molecule has 1 aromatic carbocycles. The Hall–Kier alpha value is -2.21. The number of halogens is 1. The quantitative estimate of drug-likeness (QED) is 0.948. The van der Waals surface area contributed by atoms with Crippen LogP contribution in [0.15, 0.2) is 53.7 Å². The number of aromatic nitrogens is 1. The van der Waals surface area contributed by atoms with E-state index < -0.39 is 0 Å². The van der Waals surface area contributed by atoms with Gasteiger partial charge < -0.3 is 5.32 Å². The first kappa shape index (κ1) is 13.8. The van der Waals surface area contributed by atoms with Crippen molar-refractivity contribution in [2.24, 2.45) is 4.99 Å². The SMILES string of the molecule is O=C1N/C(=N\c2ccccn2)SC1Cc1ccc(F)cc1. The van der Waals surface area contributed by atoms with Crippen molar-refractivity contribution in [2.45, 2.75) is 11.7 Å². The molecule has 1 aliphatic heterocycles. The lowest BCUT2D eigenvalue weighted by Crippen LogP contribution is -2.25. The topological polar surface area (TPSA) is 54.4 Å². The highest BCUT2D eigenvalue weighted by molar-refractivity contribution is 8.15. The highest BCUT2D eigenvalue weighted by Gasteiger charge is 2.30. The van der Waals surface area contributed by atoms with Crippen LogP contribution in [0.25, 0.3) is 0 Å². The normalized spacial score (nSPS) is 19.8. The van der Waals surface area contributed by atoms with Crippen LogP contribution in [0.2, 0.25) is 0 Å². The number of hydrogen-bond donors (Lipinski definition) is 1. The molecule has 1 unspecified atom stereocenters. The summed E-state index contributed by atoms with van der Waals surface area (Å²) in [6.45, 7) is 0. The van der Waals surface area contributed by atoms with Gasteiger partial charge in [-0.15, -0.1) is 0 Å². The van der Waals surface area contributed by atoms with Gasteiger partial charge in [0.05, 0.1) is 5.25 Å². The standard InChI is InChI=1S/C15H12FN3OS/c16-11-6-4-10(5-7-11)9-12-14(20)19-15(21-12)18-13-3-1-2-8-17-13/h1-8,12H,9H2,(H,17,18,19,20). The van der Waals surface area contributed by atoms with E-state index in [1.54, 1.807) is 30.5 Å². The van der Waals surface area contributed by atoms with Crippen LogP contribution in [0, 0.1) is 5.82 Å². The van der Waals surface area contributed by atoms with Gasteiger partial charge in [0, 0.05) is 6.20 Å². The van der Waals surface area contributed by atoms with E-state index >= 15 is 0 Å². The zero-order valence-electron chi connectivity index (χ0n) is 11.0. The zero-order chi connectivity index (χ0) is 14.7. The fraction of sp³-hybridized carbons (Fsp3) is 0.133. The number of hydrogen-bond acceptors (Lipinski definition) is 4. The Kier molecular flexibility index (Phi) is 3.96. The van der Waals surface area contributed by atoms with Crippen molar-refractivity contribution in [3.05, 3.63) is 60.0 Å². The molecule has 4 nitrogen and oxygen atoms in total. The second kappa shape index (κ2) is 6.05. The highest BCUT2D eigenvalue weighted by atomic mass is 32.2. The number of aliphatic imine (C=N–C) groups is 1. The molecule has 1 aliphatic rings. The summed E-state index contributed by atoms with van der Waals surface area (Å²) < 4.78 is 12.9. The minimum Gasteiger partial charge on any atom is -0.304 e. The maximum atomic E-state index is 12.9. The van der Waals surface area contributed by atoms with Crippen molar-refractivity contribution in [3.63, 3.8) is 0 Å². The minimum atomic E-state index is -0.278. The molecule has 0 bridgehead atoms. The van der Waals surface area contributed by atoms with E-state index in [9.17, 15) is 9.18 Å². The number of carbonyl (C=O) groups excluding carboxylic acids is 1. The molecule has 1 amide bonds. The van der Waals surface area contributed by atoms with Crippen molar-refractivity contribution < 1.29 is 9.18 Å². The molecule has 1 fully saturated rings. The molecular weight excluding hydrogens is 289 g/mol. The molecule has 1 aromatic heterocycles. The smallest absolute Gasteiger partial charge is 0.239 e. The first-order valence-corrected chi connectivity index (χ1v) is 7.30. The Balaban J connectivity index is 1.70. The van der Waals surface area contributed by atoms with E-state index in [1.165, 1.54) is 23.9 Å². The molecule has 1 N–H and O–H groups in total. The van der Waals surface area contributed by atoms with Gasteiger partial charge in [-0.3, -0.25) is 4.79 Å². The van der Waals surface area contributed by atoms with Crippen molar-refractivity contribution in [1.29, 1.82) is 0 Å². The minimum absolute atomic E-state index is 0.0843. The average molecular weight is 301 g/mol. The summed E-state index contributed by atoms with van der Waals surface area (Å²) in [5, 5.41) is 3.04. The molecule has 0 spiro atoms. The Morgan fingerprint density at radius 2 is 2.05 bits per heavy atom. The Morgan fingerprint density at radius 1 is 1.24 bits per heavy atom. The second-order valence-electron chi connectivity index (χ2n) is 4.53. The largest absolute Gasteiger partial charge is 0.304 e. The van der Waals surface area contributed by atoms with Crippen molar-refractivity contribution in [3.8, 4) is 0 Å². The van der Waals surface area contributed by atoms with Crippen LogP contribution in [-0.4, -0.2) is 21.3 Å². The third-order valence-electron chi connectivity index (χ3n) is 2.98. The molecule has 0 radical (unpaired) electrons. The number of nitrogens with one attached hydrogen (secondary N) is 1. The lowest BCUT2D eigenvalue weighted by Gasteiger charge is -2.04. The third-order valence-corrected chi connectivity index (χ3v) is 4.06. The first-order chi connectivity index (χ1) is 10.2. The number of carbonyl (C=O) groups is 1. The average Bonchev–Trinajstić information content (AvgIpc) is 2.82. The summed E-state index contributed by atoms with van der Waals surface area (Å²) in [4.78, 5) is 20.3. The molecule has 0 saturated carbocycles. The predicted molar refractivity (Wildman–Crippen MR) is 81.0 cm³/mol. The van der Waals surface area contributed by atoms with Crippen LogP contribution in [0.5, 0.6) is 0 Å². The number of amidine groups is 1. The van der Waals surface area contributed by atoms with Crippen molar-refractivity contribution >= 4 is 28.7 Å². The van der Waals surface area contributed by atoms with Crippen LogP contribution < -0.4 is 5.32 Å².